The summed E-state index contributed by atoms with van der Waals surface area (Å²) >= 11 is 0. The third-order valence-electron chi connectivity index (χ3n) is 3.32. The van der Waals surface area contributed by atoms with Crippen LogP contribution in [-0.4, -0.2) is 66.8 Å². The Bertz CT molecular complexity index is 359. The third-order valence-corrected chi connectivity index (χ3v) is 3.32. The van der Waals surface area contributed by atoms with Gasteiger partial charge in [-0.2, -0.15) is 4.98 Å². The van der Waals surface area contributed by atoms with Crippen molar-refractivity contribution >= 4 is 0 Å². The second-order valence-electron chi connectivity index (χ2n) is 5.06. The molecule has 1 fully saturated rings. The van der Waals surface area contributed by atoms with Crippen molar-refractivity contribution in [2.24, 2.45) is 0 Å². The molecular weight excluding hydrogens is 230 g/mol. The number of hydrogen-bond donors (Lipinski definition) is 1. The molecule has 0 spiro atoms. The minimum atomic E-state index is 0.215. The van der Waals surface area contributed by atoms with E-state index in [0.29, 0.717) is 0 Å². The normalized spacial score (nSPS) is 19.3. The topological polar surface area (TPSA) is 57.4 Å². The molecule has 102 valence electrons. The highest BCUT2D eigenvalue weighted by molar-refractivity contribution is 4.93. The van der Waals surface area contributed by atoms with Gasteiger partial charge in [0, 0.05) is 39.1 Å². The molecule has 0 amide bonds. The fourth-order valence-corrected chi connectivity index (χ4v) is 2.09. The van der Waals surface area contributed by atoms with Gasteiger partial charge in [0.15, 0.2) is 5.82 Å². The molecule has 2 rings (SSSR count). The zero-order chi connectivity index (χ0) is 13.0. The molecule has 1 N–H and O–H groups in total. The van der Waals surface area contributed by atoms with E-state index in [0.717, 1.165) is 50.9 Å². The summed E-state index contributed by atoms with van der Waals surface area (Å²) in [6, 6.07) is 0.215. The maximum atomic E-state index is 5.37. The first-order valence-electron chi connectivity index (χ1n) is 6.59. The first kappa shape index (κ1) is 13.5. The summed E-state index contributed by atoms with van der Waals surface area (Å²) in [6.07, 6.45) is 0.838. The molecule has 0 saturated carbocycles. The molecule has 6 nitrogen and oxygen atoms in total. The summed E-state index contributed by atoms with van der Waals surface area (Å²) < 4.78 is 5.37. The molecule has 0 aromatic carbocycles. The third kappa shape index (κ3) is 3.51. The first-order chi connectivity index (χ1) is 8.66. The minimum absolute atomic E-state index is 0.215. The molecule has 0 radical (unpaired) electrons. The highest BCUT2D eigenvalue weighted by Crippen LogP contribution is 2.18. The van der Waals surface area contributed by atoms with Crippen LogP contribution in [-0.2, 0) is 6.42 Å². The van der Waals surface area contributed by atoms with Crippen LogP contribution in [0.4, 0.5) is 0 Å². The summed E-state index contributed by atoms with van der Waals surface area (Å²) in [4.78, 5) is 8.99. The molecule has 1 unspecified atom stereocenters. The Kier molecular flexibility index (Phi) is 4.68. The Balaban J connectivity index is 1.91. The zero-order valence-electron chi connectivity index (χ0n) is 11.5. The molecule has 1 aliphatic rings. The van der Waals surface area contributed by atoms with Crippen molar-refractivity contribution in [2.45, 2.75) is 19.4 Å². The maximum absolute atomic E-state index is 5.37. The van der Waals surface area contributed by atoms with Crippen LogP contribution < -0.4 is 5.32 Å². The lowest BCUT2D eigenvalue weighted by molar-refractivity contribution is 0.154. The van der Waals surface area contributed by atoms with E-state index in [1.807, 2.05) is 14.1 Å². The zero-order valence-corrected chi connectivity index (χ0v) is 11.5. The van der Waals surface area contributed by atoms with E-state index in [1.165, 1.54) is 0 Å². The molecule has 1 atom stereocenters. The second-order valence-corrected chi connectivity index (χ2v) is 5.06. The van der Waals surface area contributed by atoms with Crippen LogP contribution in [0.1, 0.15) is 24.7 Å². The molecule has 0 aliphatic carbocycles. The van der Waals surface area contributed by atoms with Crippen molar-refractivity contribution < 1.29 is 4.52 Å². The fraction of sp³-hybridized carbons (Fsp3) is 0.833. The summed E-state index contributed by atoms with van der Waals surface area (Å²) in [5.74, 6) is 1.55. The van der Waals surface area contributed by atoms with Crippen LogP contribution in [0.3, 0.4) is 0 Å². The standard InChI is InChI=1S/C12H23N5O/c1-10(17-8-5-13-6-9-17)12-14-11(15-18-12)4-7-16(2)3/h10,13H,4-9H2,1-3H3. The number of hydrogen-bond acceptors (Lipinski definition) is 6. The summed E-state index contributed by atoms with van der Waals surface area (Å²) in [5.41, 5.74) is 0. The van der Waals surface area contributed by atoms with E-state index < -0.39 is 0 Å². The summed E-state index contributed by atoms with van der Waals surface area (Å²) in [7, 11) is 4.09. The van der Waals surface area contributed by atoms with Gasteiger partial charge >= 0.3 is 0 Å². The van der Waals surface area contributed by atoms with Crippen molar-refractivity contribution in [2.75, 3.05) is 46.8 Å². The Morgan fingerprint density at radius 1 is 1.39 bits per heavy atom. The van der Waals surface area contributed by atoms with Crippen molar-refractivity contribution in [1.82, 2.24) is 25.3 Å². The van der Waals surface area contributed by atoms with E-state index in [-0.39, 0.29) is 6.04 Å². The van der Waals surface area contributed by atoms with Crippen molar-refractivity contribution in [1.29, 1.82) is 0 Å². The maximum Gasteiger partial charge on any atom is 0.243 e. The number of nitrogens with one attached hydrogen (secondary N) is 1. The summed E-state index contributed by atoms with van der Waals surface area (Å²) in [6.45, 7) is 7.22. The van der Waals surface area contributed by atoms with Crippen molar-refractivity contribution in [3.8, 4) is 0 Å². The van der Waals surface area contributed by atoms with Crippen molar-refractivity contribution in [3.05, 3.63) is 11.7 Å². The highest BCUT2D eigenvalue weighted by atomic mass is 16.5. The van der Waals surface area contributed by atoms with Gasteiger partial charge in [-0.15, -0.1) is 0 Å². The molecule has 6 heteroatoms. The lowest BCUT2D eigenvalue weighted by atomic mass is 10.2. The minimum Gasteiger partial charge on any atom is -0.338 e. The number of piperazine rings is 1. The van der Waals surface area contributed by atoms with E-state index in [1.54, 1.807) is 0 Å². The Morgan fingerprint density at radius 2 is 2.11 bits per heavy atom. The Labute approximate surface area is 108 Å². The van der Waals surface area contributed by atoms with Crippen LogP contribution in [0.2, 0.25) is 0 Å². The van der Waals surface area contributed by atoms with Gasteiger partial charge in [-0.3, -0.25) is 4.90 Å². The predicted octanol–water partition coefficient (Wildman–Crippen LogP) is 0.140. The number of nitrogens with zero attached hydrogens (tertiary/aromatic N) is 4. The lowest BCUT2D eigenvalue weighted by Gasteiger charge is -2.30. The molecule has 1 aliphatic heterocycles. The van der Waals surface area contributed by atoms with Crippen LogP contribution in [0.25, 0.3) is 0 Å². The highest BCUT2D eigenvalue weighted by Gasteiger charge is 2.22. The van der Waals surface area contributed by atoms with Gasteiger partial charge in [-0.1, -0.05) is 5.16 Å². The fourth-order valence-electron chi connectivity index (χ4n) is 2.09. The Morgan fingerprint density at radius 3 is 2.78 bits per heavy atom. The predicted molar refractivity (Wildman–Crippen MR) is 69.4 cm³/mol. The SMILES string of the molecule is CC(c1nc(CCN(C)C)no1)N1CCNCC1. The second kappa shape index (κ2) is 6.26. The lowest BCUT2D eigenvalue weighted by Crippen LogP contribution is -2.44. The first-order valence-corrected chi connectivity index (χ1v) is 6.59. The summed E-state index contributed by atoms with van der Waals surface area (Å²) in [5, 5.41) is 7.39. The van der Waals surface area contributed by atoms with E-state index in [9.17, 15) is 0 Å². The van der Waals surface area contributed by atoms with E-state index in [4.69, 9.17) is 4.52 Å². The van der Waals surface area contributed by atoms with E-state index in [2.05, 4.69) is 32.2 Å². The van der Waals surface area contributed by atoms with Gasteiger partial charge in [0.25, 0.3) is 0 Å². The molecule has 1 aromatic heterocycles. The van der Waals surface area contributed by atoms with Gasteiger partial charge in [-0.25, -0.2) is 0 Å². The van der Waals surface area contributed by atoms with Crippen LogP contribution in [0.5, 0.6) is 0 Å². The molecule has 18 heavy (non-hydrogen) atoms. The van der Waals surface area contributed by atoms with Gasteiger partial charge in [0.05, 0.1) is 6.04 Å². The largest absolute Gasteiger partial charge is 0.338 e. The van der Waals surface area contributed by atoms with Crippen LogP contribution in [0, 0.1) is 0 Å². The van der Waals surface area contributed by atoms with Crippen molar-refractivity contribution in [3.63, 3.8) is 0 Å². The average Bonchev–Trinajstić information content (AvgIpc) is 2.85. The molecule has 1 aromatic rings. The van der Waals surface area contributed by atoms with Gasteiger partial charge in [-0.05, 0) is 21.0 Å². The molecule has 1 saturated heterocycles. The molecule has 2 heterocycles. The smallest absolute Gasteiger partial charge is 0.243 e. The molecular formula is C12H23N5O. The molecule has 0 bridgehead atoms. The number of aromatic nitrogens is 2. The number of rotatable bonds is 5. The van der Waals surface area contributed by atoms with E-state index >= 15 is 0 Å². The average molecular weight is 253 g/mol. The van der Waals surface area contributed by atoms with Gasteiger partial charge in [0.2, 0.25) is 5.89 Å². The number of likely N-dealkylation sites (N-methyl/N-ethyl adjacent to an activating group) is 1. The van der Waals surface area contributed by atoms with Gasteiger partial charge in [0.1, 0.15) is 0 Å². The van der Waals surface area contributed by atoms with Crippen LogP contribution >= 0.6 is 0 Å². The van der Waals surface area contributed by atoms with Gasteiger partial charge < -0.3 is 14.7 Å². The van der Waals surface area contributed by atoms with Crippen LogP contribution in [0.15, 0.2) is 4.52 Å². The quantitative estimate of drug-likeness (QED) is 0.805. The monoisotopic (exact) mass is 253 g/mol. The Hall–Kier alpha value is -0.980.